The van der Waals surface area contributed by atoms with Crippen molar-refractivity contribution in [3.63, 3.8) is 0 Å². The van der Waals surface area contributed by atoms with Gasteiger partial charge in [-0.2, -0.15) is 0 Å². The second-order valence-electron chi connectivity index (χ2n) is 3.88. The van der Waals surface area contributed by atoms with Crippen LogP contribution in [-0.2, 0) is 0 Å². The van der Waals surface area contributed by atoms with Crippen LogP contribution in [0.3, 0.4) is 0 Å². The lowest BCUT2D eigenvalue weighted by Crippen LogP contribution is -1.92. The molecule has 0 aliphatic heterocycles. The van der Waals surface area contributed by atoms with Gasteiger partial charge in [0.25, 0.3) is 0 Å². The fraction of sp³-hybridized carbons (Fsp3) is 0.455. The van der Waals surface area contributed by atoms with Gasteiger partial charge in [-0.05, 0) is 31.4 Å². The van der Waals surface area contributed by atoms with Gasteiger partial charge in [-0.3, -0.25) is 0 Å². The largest absolute Gasteiger partial charge is 0.0881 e. The van der Waals surface area contributed by atoms with E-state index >= 15 is 0 Å². The number of alkyl halides is 2. The predicted octanol–water partition coefficient (Wildman–Crippen LogP) is 4.28. The smallest absolute Gasteiger partial charge is 0.0720 e. The first-order valence-electron chi connectivity index (χ1n) is 4.46. The maximum absolute atomic E-state index is 3.66. The molecule has 2 rings (SSSR count). The van der Waals surface area contributed by atoms with Crippen molar-refractivity contribution >= 4 is 31.9 Å². The third-order valence-electron chi connectivity index (χ3n) is 2.63. The second kappa shape index (κ2) is 3.09. The predicted molar refractivity (Wildman–Crippen MR) is 63.9 cm³/mol. The van der Waals surface area contributed by atoms with E-state index in [1.54, 1.807) is 0 Å². The number of hydrogen-bond donors (Lipinski definition) is 0. The summed E-state index contributed by atoms with van der Waals surface area (Å²) in [5.74, 6) is 0.646. The van der Waals surface area contributed by atoms with E-state index in [1.165, 1.54) is 23.1 Å². The van der Waals surface area contributed by atoms with Gasteiger partial charge in [0.15, 0.2) is 0 Å². The highest BCUT2D eigenvalue weighted by Crippen LogP contribution is 2.62. The monoisotopic (exact) mass is 302 g/mol. The molecule has 13 heavy (non-hydrogen) atoms. The standard InChI is InChI=1S/C11H12Br2/c1-7-3-4-9(8(2)5-7)10-6-11(10,12)13/h3-5,10H,6H2,1-2H3. The van der Waals surface area contributed by atoms with E-state index in [1.807, 2.05) is 0 Å². The van der Waals surface area contributed by atoms with E-state index in [4.69, 9.17) is 0 Å². The van der Waals surface area contributed by atoms with Crippen molar-refractivity contribution in [2.45, 2.75) is 29.4 Å². The first kappa shape index (κ1) is 9.72. The molecule has 0 spiro atoms. The van der Waals surface area contributed by atoms with Crippen molar-refractivity contribution < 1.29 is 0 Å². The Morgan fingerprint density at radius 2 is 1.92 bits per heavy atom. The first-order valence-corrected chi connectivity index (χ1v) is 6.04. The van der Waals surface area contributed by atoms with Gasteiger partial charge in [-0.15, -0.1) is 0 Å². The Kier molecular flexibility index (Phi) is 2.31. The summed E-state index contributed by atoms with van der Waals surface area (Å²) < 4.78 is 0.181. The zero-order chi connectivity index (χ0) is 9.64. The second-order valence-corrected chi connectivity index (χ2v) is 7.77. The summed E-state index contributed by atoms with van der Waals surface area (Å²) in [6, 6.07) is 6.69. The molecule has 0 heterocycles. The molecule has 0 N–H and O–H groups in total. The molecule has 1 fully saturated rings. The van der Waals surface area contributed by atoms with Gasteiger partial charge in [0.1, 0.15) is 0 Å². The number of benzene rings is 1. The fourth-order valence-electron chi connectivity index (χ4n) is 1.77. The van der Waals surface area contributed by atoms with Crippen LogP contribution in [-0.4, -0.2) is 3.23 Å². The lowest BCUT2D eigenvalue weighted by Gasteiger charge is -2.06. The minimum atomic E-state index is 0.181. The molecule has 2 heteroatoms. The Morgan fingerprint density at radius 1 is 1.31 bits per heavy atom. The lowest BCUT2D eigenvalue weighted by molar-refractivity contribution is 1.09. The van der Waals surface area contributed by atoms with Crippen LogP contribution in [0.25, 0.3) is 0 Å². The molecule has 70 valence electrons. The molecule has 1 aromatic rings. The van der Waals surface area contributed by atoms with Gasteiger partial charge in [-0.1, -0.05) is 55.6 Å². The minimum absolute atomic E-state index is 0.181. The topological polar surface area (TPSA) is 0 Å². The molecule has 0 aromatic heterocycles. The Labute approximate surface area is 96.0 Å². The van der Waals surface area contributed by atoms with E-state index < -0.39 is 0 Å². The van der Waals surface area contributed by atoms with Gasteiger partial charge < -0.3 is 0 Å². The van der Waals surface area contributed by atoms with E-state index in [9.17, 15) is 0 Å². The van der Waals surface area contributed by atoms with Crippen LogP contribution in [0.1, 0.15) is 29.0 Å². The molecule has 1 aliphatic carbocycles. The Hall–Kier alpha value is 0.180. The van der Waals surface area contributed by atoms with Crippen molar-refractivity contribution in [3.05, 3.63) is 34.9 Å². The summed E-state index contributed by atoms with van der Waals surface area (Å²) in [6.45, 7) is 4.33. The summed E-state index contributed by atoms with van der Waals surface area (Å²) >= 11 is 7.32. The molecule has 0 bridgehead atoms. The Bertz CT molecular complexity index is 342. The van der Waals surface area contributed by atoms with Gasteiger partial charge in [0, 0.05) is 5.92 Å². The number of aryl methyl sites for hydroxylation is 2. The molecular formula is C11H12Br2. The molecule has 1 atom stereocenters. The molecule has 0 amide bonds. The maximum atomic E-state index is 3.66. The van der Waals surface area contributed by atoms with Crippen molar-refractivity contribution in [1.82, 2.24) is 0 Å². The Balaban J connectivity index is 2.33. The average Bonchev–Trinajstić information content (AvgIpc) is 2.59. The highest BCUT2D eigenvalue weighted by Gasteiger charge is 2.51. The van der Waals surface area contributed by atoms with Crippen molar-refractivity contribution in [2.75, 3.05) is 0 Å². The van der Waals surface area contributed by atoms with Crippen LogP contribution in [0.5, 0.6) is 0 Å². The SMILES string of the molecule is Cc1ccc(C2CC2(Br)Br)c(C)c1. The van der Waals surface area contributed by atoms with Crippen LogP contribution < -0.4 is 0 Å². The summed E-state index contributed by atoms with van der Waals surface area (Å²) in [6.07, 6.45) is 1.19. The van der Waals surface area contributed by atoms with E-state index in [-0.39, 0.29) is 3.23 Å². The first-order chi connectivity index (χ1) is 6.00. The van der Waals surface area contributed by atoms with Gasteiger partial charge in [-0.25, -0.2) is 0 Å². The summed E-state index contributed by atoms with van der Waals surface area (Å²) in [5, 5.41) is 0. The quantitative estimate of drug-likeness (QED) is 0.679. The minimum Gasteiger partial charge on any atom is -0.0720 e. The molecule has 1 saturated carbocycles. The van der Waals surface area contributed by atoms with Gasteiger partial charge >= 0.3 is 0 Å². The van der Waals surface area contributed by atoms with Crippen LogP contribution in [0.15, 0.2) is 18.2 Å². The normalized spacial score (nSPS) is 24.5. The number of halogens is 2. The highest BCUT2D eigenvalue weighted by molar-refractivity contribution is 9.25. The van der Waals surface area contributed by atoms with Crippen molar-refractivity contribution in [2.24, 2.45) is 0 Å². The summed E-state index contributed by atoms with van der Waals surface area (Å²) in [7, 11) is 0. The van der Waals surface area contributed by atoms with E-state index in [0.717, 1.165) is 0 Å². The molecule has 1 unspecified atom stereocenters. The summed E-state index contributed by atoms with van der Waals surface area (Å²) in [5.41, 5.74) is 4.22. The molecule has 0 nitrogen and oxygen atoms in total. The van der Waals surface area contributed by atoms with Crippen LogP contribution >= 0.6 is 31.9 Å². The fourth-order valence-corrected chi connectivity index (χ4v) is 2.91. The van der Waals surface area contributed by atoms with Gasteiger partial charge in [0.05, 0.1) is 3.23 Å². The zero-order valence-electron chi connectivity index (χ0n) is 7.77. The van der Waals surface area contributed by atoms with Crippen LogP contribution in [0.4, 0.5) is 0 Å². The molecule has 1 aliphatic rings. The molecule has 0 radical (unpaired) electrons. The van der Waals surface area contributed by atoms with Gasteiger partial charge in [0.2, 0.25) is 0 Å². The highest BCUT2D eigenvalue weighted by atomic mass is 79.9. The van der Waals surface area contributed by atoms with Crippen LogP contribution in [0.2, 0.25) is 0 Å². The van der Waals surface area contributed by atoms with Crippen LogP contribution in [0, 0.1) is 13.8 Å². The Morgan fingerprint density at radius 3 is 2.38 bits per heavy atom. The van der Waals surface area contributed by atoms with E-state index in [2.05, 4.69) is 63.9 Å². The maximum Gasteiger partial charge on any atom is 0.0881 e. The number of rotatable bonds is 1. The zero-order valence-corrected chi connectivity index (χ0v) is 10.9. The van der Waals surface area contributed by atoms with Crippen molar-refractivity contribution in [3.8, 4) is 0 Å². The third kappa shape index (κ3) is 1.84. The molecular weight excluding hydrogens is 292 g/mol. The molecule has 1 aromatic carbocycles. The molecule has 0 saturated heterocycles. The average molecular weight is 304 g/mol. The van der Waals surface area contributed by atoms with E-state index in [0.29, 0.717) is 5.92 Å². The number of hydrogen-bond acceptors (Lipinski definition) is 0. The third-order valence-corrected chi connectivity index (χ3v) is 4.38. The lowest BCUT2D eigenvalue weighted by atomic mass is 10.0. The van der Waals surface area contributed by atoms with Crippen molar-refractivity contribution in [1.29, 1.82) is 0 Å². The summed E-state index contributed by atoms with van der Waals surface area (Å²) in [4.78, 5) is 0.